The van der Waals surface area contributed by atoms with Crippen molar-refractivity contribution in [1.82, 2.24) is 4.98 Å². The van der Waals surface area contributed by atoms with Gasteiger partial charge in [-0.25, -0.2) is 0 Å². The molecule has 0 aliphatic rings. The Hall–Kier alpha value is -0.760. The zero-order valence-electron chi connectivity index (χ0n) is 4.11. The van der Waals surface area contributed by atoms with Crippen LogP contribution >= 0.6 is 11.6 Å². The van der Waals surface area contributed by atoms with E-state index in [-0.39, 0.29) is 5.17 Å². The molecule has 0 spiro atoms. The molecule has 0 atom stereocenters. The average molecular weight is 129 g/mol. The van der Waals surface area contributed by atoms with Gasteiger partial charge in [0.15, 0.2) is 0 Å². The summed E-state index contributed by atoms with van der Waals surface area (Å²) in [6.45, 7) is 0. The smallest absolute Gasteiger partial charge is 0.129 e. The van der Waals surface area contributed by atoms with Crippen LogP contribution in [-0.2, 0) is 0 Å². The summed E-state index contributed by atoms with van der Waals surface area (Å²) in [6, 6.07) is 1.75. The zero-order chi connectivity index (χ0) is 5.98. The van der Waals surface area contributed by atoms with Gasteiger partial charge in [0.05, 0.1) is 0 Å². The van der Waals surface area contributed by atoms with Crippen LogP contribution in [0, 0.1) is 5.41 Å². The molecule has 0 amide bonds. The molecule has 1 aromatic heterocycles. The number of aromatic amines is 1. The molecule has 0 radical (unpaired) electrons. The van der Waals surface area contributed by atoms with Crippen molar-refractivity contribution in [3.05, 3.63) is 24.0 Å². The maximum Gasteiger partial charge on any atom is 0.129 e. The van der Waals surface area contributed by atoms with E-state index in [1.54, 1.807) is 18.5 Å². The fourth-order valence-electron chi connectivity index (χ4n) is 0.460. The van der Waals surface area contributed by atoms with E-state index in [2.05, 4.69) is 4.98 Å². The molecule has 0 aliphatic heterocycles. The number of rotatable bonds is 1. The van der Waals surface area contributed by atoms with Crippen molar-refractivity contribution >= 4 is 16.8 Å². The molecule has 1 rings (SSSR count). The van der Waals surface area contributed by atoms with Crippen molar-refractivity contribution in [2.75, 3.05) is 0 Å². The summed E-state index contributed by atoms with van der Waals surface area (Å²) in [5.41, 5.74) is 0.728. The Morgan fingerprint density at radius 1 is 1.75 bits per heavy atom. The van der Waals surface area contributed by atoms with Crippen LogP contribution in [0.4, 0.5) is 0 Å². The summed E-state index contributed by atoms with van der Waals surface area (Å²) < 4.78 is 0. The number of aromatic nitrogens is 1. The van der Waals surface area contributed by atoms with E-state index in [0.717, 1.165) is 5.56 Å². The van der Waals surface area contributed by atoms with E-state index < -0.39 is 0 Å². The van der Waals surface area contributed by atoms with Gasteiger partial charge >= 0.3 is 0 Å². The quantitative estimate of drug-likeness (QED) is 0.539. The molecule has 0 saturated heterocycles. The summed E-state index contributed by atoms with van der Waals surface area (Å²) in [7, 11) is 0. The SMILES string of the molecule is N=C(Cl)c1cc[nH]c1. The second kappa shape index (κ2) is 2.01. The van der Waals surface area contributed by atoms with Crippen LogP contribution in [0.25, 0.3) is 0 Å². The van der Waals surface area contributed by atoms with Gasteiger partial charge in [-0.2, -0.15) is 0 Å². The first kappa shape index (κ1) is 5.38. The summed E-state index contributed by atoms with van der Waals surface area (Å²) in [6.07, 6.45) is 3.40. The van der Waals surface area contributed by atoms with Crippen molar-refractivity contribution in [3.63, 3.8) is 0 Å². The van der Waals surface area contributed by atoms with Crippen LogP contribution < -0.4 is 0 Å². The van der Waals surface area contributed by atoms with Crippen LogP contribution in [0.5, 0.6) is 0 Å². The van der Waals surface area contributed by atoms with Gasteiger partial charge in [-0.15, -0.1) is 0 Å². The van der Waals surface area contributed by atoms with Gasteiger partial charge in [0.2, 0.25) is 0 Å². The van der Waals surface area contributed by atoms with Crippen LogP contribution in [-0.4, -0.2) is 10.2 Å². The van der Waals surface area contributed by atoms with Crippen LogP contribution in [0.2, 0.25) is 0 Å². The van der Waals surface area contributed by atoms with Crippen LogP contribution in [0.15, 0.2) is 18.5 Å². The van der Waals surface area contributed by atoms with E-state index in [1.807, 2.05) is 0 Å². The van der Waals surface area contributed by atoms with Crippen molar-refractivity contribution in [1.29, 1.82) is 5.41 Å². The fourth-order valence-corrected chi connectivity index (χ4v) is 0.578. The lowest BCUT2D eigenvalue weighted by molar-refractivity contribution is 1.41. The zero-order valence-corrected chi connectivity index (χ0v) is 4.87. The Balaban J connectivity index is 2.93. The normalized spacial score (nSPS) is 9.12. The number of hydrogen-bond donors (Lipinski definition) is 2. The lowest BCUT2D eigenvalue weighted by Crippen LogP contribution is -1.81. The van der Waals surface area contributed by atoms with E-state index in [9.17, 15) is 0 Å². The maximum absolute atomic E-state index is 6.90. The Bertz CT molecular complexity index is 178. The second-order valence-corrected chi connectivity index (χ2v) is 1.79. The molecule has 0 bridgehead atoms. The molecular weight excluding hydrogens is 124 g/mol. The van der Waals surface area contributed by atoms with Crippen molar-refractivity contribution in [2.24, 2.45) is 0 Å². The van der Waals surface area contributed by atoms with Gasteiger partial charge in [-0.1, -0.05) is 11.6 Å². The highest BCUT2D eigenvalue weighted by Gasteiger charge is 1.92. The largest absolute Gasteiger partial charge is 0.367 e. The molecule has 8 heavy (non-hydrogen) atoms. The molecule has 0 aliphatic carbocycles. The van der Waals surface area contributed by atoms with E-state index in [4.69, 9.17) is 17.0 Å². The molecule has 1 aromatic rings. The fraction of sp³-hybridized carbons (Fsp3) is 0. The summed E-state index contributed by atoms with van der Waals surface area (Å²) >= 11 is 5.31. The Morgan fingerprint density at radius 3 is 2.75 bits per heavy atom. The molecule has 0 unspecified atom stereocenters. The van der Waals surface area contributed by atoms with E-state index in [1.165, 1.54) is 0 Å². The third kappa shape index (κ3) is 0.898. The van der Waals surface area contributed by atoms with Gasteiger partial charge in [0.25, 0.3) is 0 Å². The third-order valence-corrected chi connectivity index (χ3v) is 1.07. The number of nitrogens with one attached hydrogen (secondary N) is 2. The Kier molecular flexibility index (Phi) is 1.35. The Morgan fingerprint density at radius 2 is 2.50 bits per heavy atom. The predicted molar refractivity (Wildman–Crippen MR) is 33.5 cm³/mol. The molecule has 42 valence electrons. The third-order valence-electron chi connectivity index (χ3n) is 0.851. The van der Waals surface area contributed by atoms with Gasteiger partial charge in [0.1, 0.15) is 5.17 Å². The monoisotopic (exact) mass is 128 g/mol. The Labute approximate surface area is 52.0 Å². The van der Waals surface area contributed by atoms with Crippen molar-refractivity contribution in [3.8, 4) is 0 Å². The first-order valence-corrected chi connectivity index (χ1v) is 2.55. The first-order chi connectivity index (χ1) is 3.80. The second-order valence-electron chi connectivity index (χ2n) is 1.41. The predicted octanol–water partition coefficient (Wildman–Crippen LogP) is 1.58. The molecule has 0 saturated carbocycles. The van der Waals surface area contributed by atoms with Gasteiger partial charge in [-0.05, 0) is 6.07 Å². The highest BCUT2D eigenvalue weighted by molar-refractivity contribution is 6.68. The maximum atomic E-state index is 6.90. The minimum atomic E-state index is 0.0752. The number of hydrogen-bond acceptors (Lipinski definition) is 1. The first-order valence-electron chi connectivity index (χ1n) is 2.18. The van der Waals surface area contributed by atoms with Crippen molar-refractivity contribution < 1.29 is 0 Å². The molecule has 2 nitrogen and oxygen atoms in total. The molecule has 0 aromatic carbocycles. The molecule has 2 N–H and O–H groups in total. The lowest BCUT2D eigenvalue weighted by atomic mass is 10.4. The molecule has 0 fully saturated rings. The summed E-state index contributed by atoms with van der Waals surface area (Å²) in [5, 5.41) is 6.97. The molecule has 1 heterocycles. The van der Waals surface area contributed by atoms with Crippen molar-refractivity contribution in [2.45, 2.75) is 0 Å². The van der Waals surface area contributed by atoms with Gasteiger partial charge in [0, 0.05) is 18.0 Å². The lowest BCUT2D eigenvalue weighted by Gasteiger charge is -1.81. The highest BCUT2D eigenvalue weighted by atomic mass is 35.5. The summed E-state index contributed by atoms with van der Waals surface area (Å²) in [4.78, 5) is 2.79. The number of H-pyrrole nitrogens is 1. The van der Waals surface area contributed by atoms with Crippen LogP contribution in [0.1, 0.15) is 5.56 Å². The topological polar surface area (TPSA) is 39.6 Å². The van der Waals surface area contributed by atoms with E-state index in [0.29, 0.717) is 0 Å². The van der Waals surface area contributed by atoms with E-state index >= 15 is 0 Å². The van der Waals surface area contributed by atoms with Gasteiger partial charge < -0.3 is 4.98 Å². The standard InChI is InChI=1S/C5H5ClN2/c6-5(7)4-1-2-8-3-4/h1-3,7-8H. The minimum absolute atomic E-state index is 0.0752. The molecular formula is C5H5ClN2. The van der Waals surface area contributed by atoms with Crippen LogP contribution in [0.3, 0.4) is 0 Å². The molecule has 3 heteroatoms. The highest BCUT2D eigenvalue weighted by Crippen LogP contribution is 1.99. The van der Waals surface area contributed by atoms with Gasteiger partial charge in [-0.3, -0.25) is 5.41 Å². The average Bonchev–Trinajstić information content (AvgIpc) is 2.12. The number of halogens is 1. The minimum Gasteiger partial charge on any atom is -0.367 e. The summed E-state index contributed by atoms with van der Waals surface area (Å²) in [5.74, 6) is 0.